The van der Waals surface area contributed by atoms with Gasteiger partial charge >= 0.3 is 0 Å². The third kappa shape index (κ3) is 1.90. The van der Waals surface area contributed by atoms with Gasteiger partial charge in [0.05, 0.1) is 6.61 Å². The Morgan fingerprint density at radius 1 is 1.55 bits per heavy atom. The lowest BCUT2D eigenvalue weighted by atomic mass is 9.97. The van der Waals surface area contributed by atoms with Gasteiger partial charge in [-0.3, -0.25) is 3.11 Å². The van der Waals surface area contributed by atoms with E-state index in [2.05, 4.69) is 13.1 Å². The second kappa shape index (κ2) is 4.80. The van der Waals surface area contributed by atoms with Gasteiger partial charge in [-0.05, 0) is 6.92 Å². The Hall–Kier alpha value is -0.950. The van der Waals surface area contributed by atoms with Gasteiger partial charge in [-0.1, -0.05) is 0 Å². The quantitative estimate of drug-likeness (QED) is 0.385. The molecule has 0 amide bonds. The molecule has 1 aromatic heterocycles. The smallest absolute Gasteiger partial charge is 0.172 e. The van der Waals surface area contributed by atoms with Crippen molar-refractivity contribution >= 4 is 38.6 Å². The number of aliphatic hydroxyl groups is 3. The number of rotatable bonds is 2. The van der Waals surface area contributed by atoms with Crippen LogP contribution in [0.4, 0.5) is 17.3 Å². The molecular formula is C10H14IN5O4. The van der Waals surface area contributed by atoms with Crippen LogP contribution in [0.1, 0.15) is 6.92 Å². The number of aromatic nitrogens is 2. The van der Waals surface area contributed by atoms with E-state index in [1.807, 2.05) is 0 Å². The fourth-order valence-electron chi connectivity index (χ4n) is 2.21. The molecule has 0 spiro atoms. The molecule has 5 N–H and O–H groups in total. The van der Waals surface area contributed by atoms with Crippen LogP contribution < -0.4 is 8.85 Å². The van der Waals surface area contributed by atoms with Gasteiger partial charge in [0.15, 0.2) is 23.6 Å². The summed E-state index contributed by atoms with van der Waals surface area (Å²) < 4.78 is 11.6. The van der Waals surface area contributed by atoms with Gasteiger partial charge < -0.3 is 25.8 Å². The molecule has 3 rings (SSSR count). The highest BCUT2D eigenvalue weighted by Crippen LogP contribution is 2.48. The second-order valence-corrected chi connectivity index (χ2v) is 6.74. The van der Waals surface area contributed by atoms with Crippen molar-refractivity contribution in [1.82, 2.24) is 9.97 Å². The SMILES string of the molecule is CC1(O)C(O)[C@@H](CO)OC1N1I=Nc2c(N)ncnc21. The minimum absolute atomic E-state index is 0.272. The van der Waals surface area contributed by atoms with E-state index >= 15 is 0 Å². The van der Waals surface area contributed by atoms with Crippen LogP contribution in [0.15, 0.2) is 9.47 Å². The van der Waals surface area contributed by atoms with Gasteiger partial charge in [0, 0.05) is 0 Å². The minimum Gasteiger partial charge on any atom is -0.394 e. The first-order valence-corrected chi connectivity index (χ1v) is 7.81. The number of anilines is 2. The Morgan fingerprint density at radius 2 is 2.30 bits per heavy atom. The monoisotopic (exact) mass is 395 g/mol. The van der Waals surface area contributed by atoms with Crippen molar-refractivity contribution in [1.29, 1.82) is 0 Å². The van der Waals surface area contributed by atoms with Crippen LogP contribution in [0.5, 0.6) is 0 Å². The van der Waals surface area contributed by atoms with Crippen LogP contribution >= 0.6 is 21.3 Å². The first-order valence-electron chi connectivity index (χ1n) is 5.88. The number of halogens is 1. The lowest BCUT2D eigenvalue weighted by Gasteiger charge is -2.31. The van der Waals surface area contributed by atoms with Crippen molar-refractivity contribution in [2.45, 2.75) is 31.0 Å². The highest BCUT2D eigenvalue weighted by atomic mass is 127. The Morgan fingerprint density at radius 3 is 2.95 bits per heavy atom. The largest absolute Gasteiger partial charge is 0.394 e. The molecule has 10 heteroatoms. The van der Waals surface area contributed by atoms with E-state index < -0.39 is 45.3 Å². The molecule has 1 aromatic rings. The van der Waals surface area contributed by atoms with Crippen LogP contribution in [-0.4, -0.2) is 55.9 Å². The fourth-order valence-corrected chi connectivity index (χ4v) is 4.60. The van der Waals surface area contributed by atoms with Crippen LogP contribution in [0.25, 0.3) is 0 Å². The highest BCUT2D eigenvalue weighted by Gasteiger charge is 2.55. The molecule has 2 aliphatic rings. The zero-order valence-corrected chi connectivity index (χ0v) is 12.7. The standard InChI is InChI=1S/C10H14IN5O4/c1-10(19)6(18)4(2-17)20-9(10)16-8-5(15-11-16)7(12)13-3-14-8/h3-4,6,9,17-19H,2H2,1H3,(H2,12,13,14)/t4-,6?,9?,10?/m1/s1. The van der Waals surface area contributed by atoms with Crippen molar-refractivity contribution in [3.05, 3.63) is 6.33 Å². The predicted octanol–water partition coefficient (Wildman–Crippen LogP) is -0.591. The van der Waals surface area contributed by atoms with Crippen LogP contribution in [-0.2, 0) is 4.74 Å². The number of ether oxygens (including phenoxy) is 1. The summed E-state index contributed by atoms with van der Waals surface area (Å²) in [5.74, 6) is 0.760. The van der Waals surface area contributed by atoms with E-state index in [9.17, 15) is 15.3 Å². The van der Waals surface area contributed by atoms with Gasteiger partial charge in [-0.15, -0.1) is 0 Å². The summed E-state index contributed by atoms with van der Waals surface area (Å²) in [6.07, 6.45) is -1.55. The van der Waals surface area contributed by atoms with Crippen molar-refractivity contribution in [2.24, 2.45) is 3.15 Å². The molecule has 3 heterocycles. The molecule has 20 heavy (non-hydrogen) atoms. The Bertz CT molecular complexity index is 569. The summed E-state index contributed by atoms with van der Waals surface area (Å²) in [5, 5.41) is 29.7. The lowest BCUT2D eigenvalue weighted by Crippen LogP contribution is -2.50. The molecule has 1 fully saturated rings. The summed E-state index contributed by atoms with van der Waals surface area (Å²) in [6.45, 7) is 1.08. The second-order valence-electron chi connectivity index (χ2n) is 4.78. The van der Waals surface area contributed by atoms with Crippen molar-refractivity contribution in [3.63, 3.8) is 0 Å². The molecule has 0 radical (unpaired) electrons. The van der Waals surface area contributed by atoms with Gasteiger partial charge in [0.1, 0.15) is 45.4 Å². The van der Waals surface area contributed by atoms with Gasteiger partial charge in [0.25, 0.3) is 0 Å². The molecule has 0 aromatic carbocycles. The van der Waals surface area contributed by atoms with E-state index in [1.165, 1.54) is 13.3 Å². The van der Waals surface area contributed by atoms with Crippen molar-refractivity contribution < 1.29 is 20.1 Å². The molecule has 4 atom stereocenters. The Labute approximate surface area is 124 Å². The molecule has 0 aliphatic carbocycles. The number of nitrogens with two attached hydrogens (primary N) is 1. The summed E-state index contributed by atoms with van der Waals surface area (Å²) >= 11 is -0.889. The van der Waals surface area contributed by atoms with Crippen molar-refractivity contribution in [2.75, 3.05) is 15.5 Å². The van der Waals surface area contributed by atoms with E-state index in [0.717, 1.165) is 0 Å². The molecule has 0 saturated carbocycles. The predicted molar refractivity (Wildman–Crippen MR) is 77.4 cm³/mol. The summed E-state index contributed by atoms with van der Waals surface area (Å²) in [7, 11) is 0. The molecule has 3 unspecified atom stereocenters. The average molecular weight is 395 g/mol. The highest BCUT2D eigenvalue weighted by molar-refractivity contribution is 14.2. The summed E-state index contributed by atoms with van der Waals surface area (Å²) in [4.78, 5) is 7.99. The summed E-state index contributed by atoms with van der Waals surface area (Å²) in [5.41, 5.74) is 4.68. The summed E-state index contributed by atoms with van der Waals surface area (Å²) in [6, 6.07) is 0. The van der Waals surface area contributed by atoms with Gasteiger partial charge in [-0.25, -0.2) is 9.97 Å². The number of hydrogen-bond donors (Lipinski definition) is 4. The molecule has 1 saturated heterocycles. The van der Waals surface area contributed by atoms with Crippen LogP contribution in [0, 0.1) is 0 Å². The zero-order valence-electron chi connectivity index (χ0n) is 10.5. The average Bonchev–Trinajstić information content (AvgIpc) is 2.92. The number of aliphatic hydroxyl groups excluding tert-OH is 2. The maximum absolute atomic E-state index is 10.5. The normalized spacial score (nSPS) is 36.0. The number of fused-ring (bicyclic) bond motifs is 1. The third-order valence-electron chi connectivity index (χ3n) is 3.38. The zero-order chi connectivity index (χ0) is 14.5. The first kappa shape index (κ1) is 14.0. The number of nitrogens with zero attached hydrogens (tertiary/aromatic N) is 4. The molecule has 2 aliphatic heterocycles. The van der Waals surface area contributed by atoms with E-state index in [4.69, 9.17) is 10.5 Å². The third-order valence-corrected chi connectivity index (χ3v) is 5.50. The fraction of sp³-hybridized carbons (Fsp3) is 0.600. The minimum atomic E-state index is -1.54. The molecule has 0 bridgehead atoms. The maximum atomic E-state index is 10.5. The lowest BCUT2D eigenvalue weighted by molar-refractivity contribution is -0.0576. The van der Waals surface area contributed by atoms with Crippen LogP contribution in [0.2, 0.25) is 0 Å². The molecule has 110 valence electrons. The topological polar surface area (TPSA) is 137 Å². The van der Waals surface area contributed by atoms with E-state index in [0.29, 0.717) is 11.5 Å². The Balaban J connectivity index is 1.97. The maximum Gasteiger partial charge on any atom is 0.172 e. The van der Waals surface area contributed by atoms with E-state index in [1.54, 1.807) is 3.11 Å². The van der Waals surface area contributed by atoms with Gasteiger partial charge in [0.2, 0.25) is 0 Å². The molecular weight excluding hydrogens is 381 g/mol. The Kier molecular flexibility index (Phi) is 3.36. The van der Waals surface area contributed by atoms with Crippen molar-refractivity contribution in [3.8, 4) is 0 Å². The first-order chi connectivity index (χ1) is 9.46. The number of hydrogen-bond acceptors (Lipinski definition) is 9. The van der Waals surface area contributed by atoms with Crippen LogP contribution in [0.3, 0.4) is 0 Å². The molecule has 9 nitrogen and oxygen atoms in total. The van der Waals surface area contributed by atoms with E-state index in [-0.39, 0.29) is 12.4 Å². The number of nitrogen functional groups attached to an aromatic ring is 1. The van der Waals surface area contributed by atoms with Gasteiger partial charge in [-0.2, -0.15) is 3.15 Å².